The van der Waals surface area contributed by atoms with Crippen molar-refractivity contribution in [1.82, 2.24) is 9.78 Å². The van der Waals surface area contributed by atoms with Crippen molar-refractivity contribution in [3.05, 3.63) is 17.0 Å². The molecule has 1 aliphatic heterocycles. The number of nitrogens with zero attached hydrogens (tertiary/aromatic N) is 2. The Morgan fingerprint density at radius 1 is 1.46 bits per heavy atom. The second-order valence-corrected chi connectivity index (χ2v) is 5.15. The molecule has 0 N–H and O–H groups in total. The minimum Gasteiger partial charge on any atom is -0.296 e. The van der Waals surface area contributed by atoms with Gasteiger partial charge in [0.2, 0.25) is 0 Å². The van der Waals surface area contributed by atoms with Crippen molar-refractivity contribution in [3.8, 4) is 0 Å². The second kappa shape index (κ2) is 2.41. The summed E-state index contributed by atoms with van der Waals surface area (Å²) in [6.07, 6.45) is 0.597. The van der Waals surface area contributed by atoms with Gasteiger partial charge in [-0.15, -0.1) is 0 Å². The van der Waals surface area contributed by atoms with Gasteiger partial charge in [-0.2, -0.15) is 5.10 Å². The number of fused-ring (bicyclic) bond motifs is 1. The average Bonchev–Trinajstić information content (AvgIpc) is 2.47. The maximum atomic E-state index is 11.2. The van der Waals surface area contributed by atoms with E-state index in [0.717, 1.165) is 0 Å². The van der Waals surface area contributed by atoms with Crippen LogP contribution in [0, 0.1) is 0 Å². The van der Waals surface area contributed by atoms with E-state index in [9.17, 15) is 13.2 Å². The van der Waals surface area contributed by atoms with Crippen LogP contribution in [0.15, 0.2) is 0 Å². The van der Waals surface area contributed by atoms with Gasteiger partial charge in [-0.1, -0.05) is 0 Å². The van der Waals surface area contributed by atoms with E-state index in [1.165, 1.54) is 4.68 Å². The van der Waals surface area contributed by atoms with Crippen molar-refractivity contribution in [2.75, 3.05) is 0 Å². The van der Waals surface area contributed by atoms with Gasteiger partial charge in [0.15, 0.2) is 16.1 Å². The third kappa shape index (κ3) is 1.17. The van der Waals surface area contributed by atoms with E-state index < -0.39 is 9.84 Å². The minimum atomic E-state index is -3.04. The molecule has 2 rings (SSSR count). The van der Waals surface area contributed by atoms with Crippen molar-refractivity contribution in [2.24, 2.45) is 7.05 Å². The molecular formula is C7H8N2O3S. The topological polar surface area (TPSA) is 69.0 Å². The van der Waals surface area contributed by atoms with E-state index >= 15 is 0 Å². The molecule has 0 fully saturated rings. The van der Waals surface area contributed by atoms with Crippen LogP contribution >= 0.6 is 0 Å². The first-order valence-corrected chi connectivity index (χ1v) is 5.56. The predicted octanol–water partition coefficient (Wildman–Crippen LogP) is -0.339. The Balaban J connectivity index is 2.64. The lowest BCUT2D eigenvalue weighted by atomic mass is 10.2. The van der Waals surface area contributed by atoms with Gasteiger partial charge in [-0.05, 0) is 0 Å². The van der Waals surface area contributed by atoms with Crippen LogP contribution in [0.2, 0.25) is 0 Å². The molecule has 1 aliphatic rings. The molecule has 0 bridgehead atoms. The van der Waals surface area contributed by atoms with E-state index in [4.69, 9.17) is 0 Å². The summed E-state index contributed by atoms with van der Waals surface area (Å²) in [5.41, 5.74) is 1.46. The smallest absolute Gasteiger partial charge is 0.170 e. The third-order valence-corrected chi connectivity index (χ3v) is 3.58. The number of hydrogen-bond donors (Lipinski definition) is 0. The minimum absolute atomic E-state index is 0.000324. The molecule has 0 aromatic carbocycles. The molecule has 2 heterocycles. The highest BCUT2D eigenvalue weighted by Crippen LogP contribution is 2.26. The largest absolute Gasteiger partial charge is 0.296 e. The van der Waals surface area contributed by atoms with Crippen LogP contribution in [0.25, 0.3) is 0 Å². The molecule has 0 saturated heterocycles. The molecule has 0 amide bonds. The van der Waals surface area contributed by atoms with Gasteiger partial charge in [0.05, 0.1) is 17.2 Å². The van der Waals surface area contributed by atoms with Gasteiger partial charge < -0.3 is 0 Å². The first-order valence-electron chi connectivity index (χ1n) is 3.74. The fourth-order valence-corrected chi connectivity index (χ4v) is 3.17. The van der Waals surface area contributed by atoms with Crippen LogP contribution in [-0.4, -0.2) is 24.5 Å². The summed E-state index contributed by atoms with van der Waals surface area (Å²) < 4.78 is 23.9. The summed E-state index contributed by atoms with van der Waals surface area (Å²) in [5.74, 6) is -0.0517. The van der Waals surface area contributed by atoms with Crippen molar-refractivity contribution < 1.29 is 13.2 Å². The molecule has 0 atom stereocenters. The molecule has 0 radical (unpaired) electrons. The van der Waals surface area contributed by atoms with Gasteiger partial charge in [-0.3, -0.25) is 9.48 Å². The summed E-state index contributed by atoms with van der Waals surface area (Å²) in [6.45, 7) is 0. The van der Waals surface area contributed by atoms with E-state index in [1.54, 1.807) is 7.05 Å². The Morgan fingerprint density at radius 3 is 2.77 bits per heavy atom. The average molecular weight is 200 g/mol. The summed E-state index contributed by atoms with van der Waals surface area (Å²) in [4.78, 5) is 10.5. The lowest BCUT2D eigenvalue weighted by Crippen LogP contribution is -2.03. The van der Waals surface area contributed by atoms with E-state index in [0.29, 0.717) is 17.5 Å². The van der Waals surface area contributed by atoms with Gasteiger partial charge in [0, 0.05) is 12.6 Å². The maximum Gasteiger partial charge on any atom is 0.170 e. The SMILES string of the molecule is Cn1nc(C=O)c2c1CS(=O)(=O)C2. The zero-order chi connectivity index (χ0) is 9.64. The number of aldehydes is 1. The molecule has 1 aromatic heterocycles. The Kier molecular flexibility index (Phi) is 1.56. The van der Waals surface area contributed by atoms with Crippen molar-refractivity contribution in [1.29, 1.82) is 0 Å². The maximum absolute atomic E-state index is 11.2. The highest BCUT2D eigenvalue weighted by atomic mass is 32.2. The van der Waals surface area contributed by atoms with Crippen LogP contribution in [0.5, 0.6) is 0 Å². The van der Waals surface area contributed by atoms with Gasteiger partial charge in [-0.25, -0.2) is 8.42 Å². The standard InChI is InChI=1S/C7H8N2O3S/c1-9-7-4-13(11,12)3-5(7)6(2-10)8-9/h2H,3-4H2,1H3. The molecule has 6 heteroatoms. The lowest BCUT2D eigenvalue weighted by Gasteiger charge is -1.93. The number of carbonyl (C=O) groups excluding carboxylic acids is 1. The zero-order valence-corrected chi connectivity index (χ0v) is 7.84. The number of aromatic nitrogens is 2. The first-order chi connectivity index (χ1) is 6.03. The number of rotatable bonds is 1. The number of carbonyl (C=O) groups is 1. The third-order valence-electron chi connectivity index (χ3n) is 2.14. The van der Waals surface area contributed by atoms with Crippen molar-refractivity contribution >= 4 is 16.1 Å². The highest BCUT2D eigenvalue weighted by molar-refractivity contribution is 7.90. The van der Waals surface area contributed by atoms with Crippen LogP contribution in [0.1, 0.15) is 21.7 Å². The fourth-order valence-electron chi connectivity index (χ4n) is 1.54. The van der Waals surface area contributed by atoms with E-state index in [2.05, 4.69) is 5.10 Å². The van der Waals surface area contributed by atoms with Crippen LogP contribution < -0.4 is 0 Å². The van der Waals surface area contributed by atoms with Crippen molar-refractivity contribution in [3.63, 3.8) is 0 Å². The fraction of sp³-hybridized carbons (Fsp3) is 0.429. The summed E-state index contributed by atoms with van der Waals surface area (Å²) in [6, 6.07) is 0. The lowest BCUT2D eigenvalue weighted by molar-refractivity contribution is 0.111. The Hall–Kier alpha value is -1.17. The molecule has 5 nitrogen and oxygen atoms in total. The van der Waals surface area contributed by atoms with Crippen molar-refractivity contribution in [2.45, 2.75) is 11.5 Å². The Labute approximate surface area is 75.3 Å². The predicted molar refractivity (Wildman–Crippen MR) is 44.9 cm³/mol. The van der Waals surface area contributed by atoms with Gasteiger partial charge in [0.1, 0.15) is 5.69 Å². The second-order valence-electron chi connectivity index (χ2n) is 3.08. The molecule has 0 unspecified atom stereocenters. The normalized spacial score (nSPS) is 18.5. The van der Waals surface area contributed by atoms with E-state index in [-0.39, 0.29) is 17.2 Å². The quantitative estimate of drug-likeness (QED) is 0.581. The molecular weight excluding hydrogens is 192 g/mol. The summed E-state index contributed by atoms with van der Waals surface area (Å²) >= 11 is 0. The number of hydrogen-bond acceptors (Lipinski definition) is 4. The Bertz CT molecular complexity index is 472. The van der Waals surface area contributed by atoms with Crippen LogP contribution in [0.3, 0.4) is 0 Å². The molecule has 13 heavy (non-hydrogen) atoms. The molecule has 1 aromatic rings. The number of aryl methyl sites for hydroxylation is 1. The van der Waals surface area contributed by atoms with E-state index in [1.807, 2.05) is 0 Å². The Morgan fingerprint density at radius 2 is 2.15 bits per heavy atom. The molecule has 0 saturated carbocycles. The molecule has 70 valence electrons. The summed E-state index contributed by atoms with van der Waals surface area (Å²) in [5, 5.41) is 3.90. The first kappa shape index (κ1) is 8.43. The van der Waals surface area contributed by atoms with Crippen LogP contribution in [-0.2, 0) is 28.4 Å². The number of sulfone groups is 1. The highest BCUT2D eigenvalue weighted by Gasteiger charge is 2.31. The van der Waals surface area contributed by atoms with Gasteiger partial charge in [0.25, 0.3) is 0 Å². The molecule has 0 aliphatic carbocycles. The van der Waals surface area contributed by atoms with Gasteiger partial charge >= 0.3 is 0 Å². The van der Waals surface area contributed by atoms with Crippen LogP contribution in [0.4, 0.5) is 0 Å². The summed E-state index contributed by atoms with van der Waals surface area (Å²) in [7, 11) is -1.39. The monoisotopic (exact) mass is 200 g/mol. The molecule has 0 spiro atoms. The zero-order valence-electron chi connectivity index (χ0n) is 7.02.